The van der Waals surface area contributed by atoms with Crippen LogP contribution < -0.4 is 15.0 Å². The molecule has 5 rings (SSSR count). The number of rotatable bonds is 7. The van der Waals surface area contributed by atoms with Crippen LogP contribution in [0.15, 0.2) is 30.3 Å². The van der Waals surface area contributed by atoms with Gasteiger partial charge in [-0.25, -0.2) is 9.37 Å². The Balaban J connectivity index is 1.38. The number of carbonyl (C=O) groups is 1. The molecule has 0 bridgehead atoms. The second-order valence-electron chi connectivity index (χ2n) is 12.0. The summed E-state index contributed by atoms with van der Waals surface area (Å²) in [4.78, 5) is 25.2. The molecule has 0 unspecified atom stereocenters. The van der Waals surface area contributed by atoms with Crippen molar-refractivity contribution in [1.82, 2.24) is 20.1 Å². The minimum Gasteiger partial charge on any atom is -0.474 e. The Morgan fingerprint density at radius 3 is 2.75 bits per heavy atom. The molecule has 4 heterocycles. The number of morpholine rings is 1. The van der Waals surface area contributed by atoms with Crippen LogP contribution in [0.25, 0.3) is 0 Å². The molecule has 218 valence electrons. The Hall–Kier alpha value is -2.63. The molecular weight excluding hydrogens is 513 g/mol. The minimum atomic E-state index is -0.300. The topological polar surface area (TPSA) is 90.4 Å². The molecule has 9 nitrogen and oxygen atoms in total. The molecule has 0 spiro atoms. The SMILES string of the molecule is C[C@@H]1CN(CC(=O)N2c3cc(Cc4ccc(F)cc4)c(CO)nc3OC[C@@H]2C)[C@@H](CN2CCOCC2(C)C)CN1. The van der Waals surface area contributed by atoms with Crippen LogP contribution in [-0.4, -0.2) is 102 Å². The molecule has 0 saturated carbocycles. The summed E-state index contributed by atoms with van der Waals surface area (Å²) in [7, 11) is 0. The molecule has 1 amide bonds. The van der Waals surface area contributed by atoms with Crippen LogP contribution in [0.1, 0.15) is 44.5 Å². The quantitative estimate of drug-likeness (QED) is 0.538. The number of halogens is 1. The summed E-state index contributed by atoms with van der Waals surface area (Å²) in [5.41, 5.74) is 2.74. The molecule has 3 aliphatic rings. The Labute approximate surface area is 236 Å². The number of hydrogen-bond acceptors (Lipinski definition) is 8. The molecule has 1 aromatic heterocycles. The van der Waals surface area contributed by atoms with E-state index in [2.05, 4.69) is 40.9 Å². The van der Waals surface area contributed by atoms with Crippen molar-refractivity contribution in [1.29, 1.82) is 0 Å². The first kappa shape index (κ1) is 28.9. The molecule has 2 saturated heterocycles. The number of nitrogens with one attached hydrogen (secondary N) is 1. The van der Waals surface area contributed by atoms with Crippen LogP contribution in [0.5, 0.6) is 5.88 Å². The zero-order chi connectivity index (χ0) is 28.4. The van der Waals surface area contributed by atoms with E-state index in [-0.39, 0.29) is 42.0 Å². The number of fused-ring (bicyclic) bond motifs is 1. The monoisotopic (exact) mass is 555 g/mol. The van der Waals surface area contributed by atoms with E-state index in [0.717, 1.165) is 43.9 Å². The summed E-state index contributed by atoms with van der Waals surface area (Å²) in [6.45, 7) is 13.7. The van der Waals surface area contributed by atoms with Gasteiger partial charge in [-0.3, -0.25) is 14.6 Å². The van der Waals surface area contributed by atoms with Crippen LogP contribution >= 0.6 is 0 Å². The predicted octanol–water partition coefficient (Wildman–Crippen LogP) is 2.19. The number of aromatic nitrogens is 1. The number of aliphatic hydroxyl groups excluding tert-OH is 1. The molecule has 40 heavy (non-hydrogen) atoms. The Bertz CT molecular complexity index is 1190. The molecule has 3 atom stereocenters. The van der Waals surface area contributed by atoms with Gasteiger partial charge in [-0.05, 0) is 63.4 Å². The van der Waals surface area contributed by atoms with Gasteiger partial charge >= 0.3 is 0 Å². The third-order valence-corrected chi connectivity index (χ3v) is 8.34. The maximum atomic E-state index is 14.0. The van der Waals surface area contributed by atoms with Crippen LogP contribution in [0.4, 0.5) is 10.1 Å². The number of nitrogens with zero attached hydrogens (tertiary/aromatic N) is 4. The first-order valence-corrected chi connectivity index (χ1v) is 14.3. The first-order chi connectivity index (χ1) is 19.1. The van der Waals surface area contributed by atoms with Crippen molar-refractivity contribution < 1.29 is 23.8 Å². The second-order valence-corrected chi connectivity index (χ2v) is 12.0. The van der Waals surface area contributed by atoms with Gasteiger partial charge in [0.15, 0.2) is 0 Å². The van der Waals surface area contributed by atoms with Crippen LogP contribution in [0.2, 0.25) is 0 Å². The van der Waals surface area contributed by atoms with Crippen molar-refractivity contribution in [2.24, 2.45) is 0 Å². The average Bonchev–Trinajstić information content (AvgIpc) is 2.92. The summed E-state index contributed by atoms with van der Waals surface area (Å²) in [6.07, 6.45) is 0.458. The van der Waals surface area contributed by atoms with Crippen molar-refractivity contribution in [3.63, 3.8) is 0 Å². The first-order valence-electron chi connectivity index (χ1n) is 14.3. The van der Waals surface area contributed by atoms with E-state index < -0.39 is 0 Å². The van der Waals surface area contributed by atoms with Crippen LogP contribution in [0.3, 0.4) is 0 Å². The van der Waals surface area contributed by atoms with Gasteiger partial charge in [0.1, 0.15) is 18.1 Å². The highest BCUT2D eigenvalue weighted by molar-refractivity contribution is 5.97. The predicted molar refractivity (Wildman–Crippen MR) is 151 cm³/mol. The summed E-state index contributed by atoms with van der Waals surface area (Å²) >= 11 is 0. The molecule has 1 aromatic carbocycles. The van der Waals surface area contributed by atoms with E-state index in [1.54, 1.807) is 12.1 Å². The van der Waals surface area contributed by atoms with Crippen molar-refractivity contribution in [2.75, 3.05) is 57.4 Å². The molecule has 0 aliphatic carbocycles. The third kappa shape index (κ3) is 6.31. The van der Waals surface area contributed by atoms with Crippen molar-refractivity contribution in [3.8, 4) is 5.88 Å². The Morgan fingerprint density at radius 2 is 2.02 bits per heavy atom. The number of piperazine rings is 1. The van der Waals surface area contributed by atoms with Crippen molar-refractivity contribution in [3.05, 3.63) is 53.0 Å². The standard InChI is InChI=1S/C30H42FN5O4/c1-20-14-34(25(13-32-20)15-35-9-10-39-19-30(35,3)4)16-28(38)36-21(2)18-40-29-27(36)12-23(26(17-37)33-29)11-22-5-7-24(31)8-6-22/h5-8,12,20-21,25,32,37H,9-11,13-19H2,1-4H3/t20-,21+,25-/m1/s1. The Morgan fingerprint density at radius 1 is 1.25 bits per heavy atom. The van der Waals surface area contributed by atoms with Crippen molar-refractivity contribution >= 4 is 11.6 Å². The molecular formula is C30H42FN5O4. The maximum absolute atomic E-state index is 14.0. The molecule has 2 N–H and O–H groups in total. The minimum absolute atomic E-state index is 0.00340. The highest BCUT2D eigenvalue weighted by atomic mass is 19.1. The zero-order valence-corrected chi connectivity index (χ0v) is 24.0. The molecule has 2 aromatic rings. The largest absolute Gasteiger partial charge is 0.474 e. The lowest BCUT2D eigenvalue weighted by Gasteiger charge is -2.47. The van der Waals surface area contributed by atoms with E-state index in [0.29, 0.717) is 43.4 Å². The van der Waals surface area contributed by atoms with Gasteiger partial charge in [0.2, 0.25) is 11.8 Å². The van der Waals surface area contributed by atoms with Gasteiger partial charge in [0.25, 0.3) is 0 Å². The zero-order valence-electron chi connectivity index (χ0n) is 24.0. The summed E-state index contributed by atoms with van der Waals surface area (Å²) in [5, 5.41) is 13.6. The van der Waals surface area contributed by atoms with E-state index in [1.807, 2.05) is 17.9 Å². The van der Waals surface area contributed by atoms with E-state index >= 15 is 0 Å². The fourth-order valence-corrected chi connectivity index (χ4v) is 5.98. The maximum Gasteiger partial charge on any atom is 0.241 e. The smallest absolute Gasteiger partial charge is 0.241 e. The number of aliphatic hydroxyl groups is 1. The van der Waals surface area contributed by atoms with Gasteiger partial charge in [0.05, 0.1) is 38.1 Å². The summed E-state index contributed by atoms with van der Waals surface area (Å²) in [6, 6.07) is 8.49. The number of anilines is 1. The summed E-state index contributed by atoms with van der Waals surface area (Å²) in [5.74, 6) is 0.0636. The van der Waals surface area contributed by atoms with E-state index in [1.165, 1.54) is 12.1 Å². The molecule has 0 radical (unpaired) electrons. The molecule has 3 aliphatic heterocycles. The second kappa shape index (κ2) is 12.1. The fraction of sp³-hybridized carbons (Fsp3) is 0.600. The van der Waals surface area contributed by atoms with Gasteiger partial charge in [0, 0.05) is 43.8 Å². The number of ether oxygens (including phenoxy) is 2. The average molecular weight is 556 g/mol. The third-order valence-electron chi connectivity index (χ3n) is 8.34. The Kier molecular flexibility index (Phi) is 8.72. The number of hydrogen-bond donors (Lipinski definition) is 2. The fourth-order valence-electron chi connectivity index (χ4n) is 5.98. The van der Waals surface area contributed by atoms with Gasteiger partial charge in [-0.2, -0.15) is 0 Å². The van der Waals surface area contributed by atoms with Crippen LogP contribution in [0, 0.1) is 5.82 Å². The normalized spacial score (nSPS) is 25.4. The molecule has 2 fully saturated rings. The number of benzene rings is 1. The van der Waals surface area contributed by atoms with E-state index in [4.69, 9.17) is 9.47 Å². The summed E-state index contributed by atoms with van der Waals surface area (Å²) < 4.78 is 25.1. The lowest BCUT2D eigenvalue weighted by molar-refractivity contribution is -0.122. The lowest BCUT2D eigenvalue weighted by Crippen LogP contribution is -2.64. The number of amides is 1. The molecule has 10 heteroatoms. The van der Waals surface area contributed by atoms with E-state index in [9.17, 15) is 14.3 Å². The number of pyridine rings is 1. The highest BCUT2D eigenvalue weighted by Crippen LogP contribution is 2.35. The highest BCUT2D eigenvalue weighted by Gasteiger charge is 2.38. The lowest BCUT2D eigenvalue weighted by atomic mass is 10.00. The van der Waals surface area contributed by atoms with Crippen LogP contribution in [-0.2, 0) is 22.6 Å². The van der Waals surface area contributed by atoms with Gasteiger partial charge in [-0.15, -0.1) is 0 Å². The van der Waals surface area contributed by atoms with Gasteiger partial charge < -0.3 is 24.8 Å². The number of carbonyl (C=O) groups excluding carboxylic acids is 1. The van der Waals surface area contributed by atoms with Gasteiger partial charge in [-0.1, -0.05) is 12.1 Å². The van der Waals surface area contributed by atoms with Crippen molar-refractivity contribution in [2.45, 2.75) is 64.4 Å².